The third-order valence-corrected chi connectivity index (χ3v) is 7.17. The molecule has 0 saturated heterocycles. The van der Waals surface area contributed by atoms with Gasteiger partial charge in [0.15, 0.2) is 0 Å². The van der Waals surface area contributed by atoms with Crippen LogP contribution in [0.25, 0.3) is 21.8 Å². The fourth-order valence-corrected chi connectivity index (χ4v) is 6.17. The molecule has 142 valence electrons. The van der Waals surface area contributed by atoms with Crippen molar-refractivity contribution in [3.8, 4) is 0 Å². The Morgan fingerprint density at radius 2 is 1.46 bits per heavy atom. The van der Waals surface area contributed by atoms with Crippen LogP contribution in [0.5, 0.6) is 0 Å². The van der Waals surface area contributed by atoms with Gasteiger partial charge in [-0.3, -0.25) is 0 Å². The molecular formula is C27H29N. The van der Waals surface area contributed by atoms with E-state index in [9.17, 15) is 0 Å². The van der Waals surface area contributed by atoms with Gasteiger partial charge in [0.2, 0.25) is 0 Å². The monoisotopic (exact) mass is 367 g/mol. The molecule has 1 aliphatic rings. The molecule has 4 aromatic rings. The molecule has 2 heterocycles. The number of hydrogen-bond donors (Lipinski definition) is 0. The maximum absolute atomic E-state index is 2.58. The molecule has 1 aliphatic heterocycles. The van der Waals surface area contributed by atoms with Crippen LogP contribution >= 0.6 is 0 Å². The van der Waals surface area contributed by atoms with E-state index in [1.54, 1.807) is 0 Å². The fraction of sp³-hybridized carbons (Fsp3) is 0.333. The normalized spacial score (nSPS) is 15.4. The van der Waals surface area contributed by atoms with Gasteiger partial charge in [0.25, 0.3) is 0 Å². The number of aryl methyl sites for hydroxylation is 1. The first kappa shape index (κ1) is 17.6. The Balaban J connectivity index is 2.09. The molecule has 1 heteroatoms. The van der Waals surface area contributed by atoms with Crippen LogP contribution in [-0.4, -0.2) is 4.57 Å². The highest BCUT2D eigenvalue weighted by Crippen LogP contribution is 2.52. The van der Waals surface area contributed by atoms with Crippen molar-refractivity contribution in [3.05, 3.63) is 82.9 Å². The number of rotatable bonds is 2. The van der Waals surface area contributed by atoms with Crippen molar-refractivity contribution in [3.63, 3.8) is 0 Å². The molecule has 0 spiro atoms. The second-order valence-corrected chi connectivity index (χ2v) is 9.09. The molecule has 0 fully saturated rings. The number of fused-ring (bicyclic) bond motifs is 4. The van der Waals surface area contributed by atoms with E-state index in [1.807, 2.05) is 0 Å². The summed E-state index contributed by atoms with van der Waals surface area (Å²) < 4.78 is 2.58. The molecule has 5 rings (SSSR count). The van der Waals surface area contributed by atoms with E-state index in [0.717, 1.165) is 6.54 Å². The second kappa shape index (κ2) is 5.98. The molecule has 0 N–H and O–H groups in total. The van der Waals surface area contributed by atoms with Gasteiger partial charge >= 0.3 is 0 Å². The van der Waals surface area contributed by atoms with E-state index < -0.39 is 0 Å². The molecule has 3 aromatic carbocycles. The van der Waals surface area contributed by atoms with E-state index in [1.165, 1.54) is 44.1 Å². The Kier molecular flexibility index (Phi) is 3.75. The van der Waals surface area contributed by atoms with Gasteiger partial charge in [0.1, 0.15) is 0 Å². The van der Waals surface area contributed by atoms with Crippen LogP contribution in [0.2, 0.25) is 0 Å². The number of hydrogen-bond acceptors (Lipinski definition) is 0. The van der Waals surface area contributed by atoms with Crippen molar-refractivity contribution in [2.45, 2.75) is 46.6 Å². The molecular weight excluding hydrogens is 338 g/mol. The lowest BCUT2D eigenvalue weighted by Crippen LogP contribution is -2.40. The first-order valence-corrected chi connectivity index (χ1v) is 10.6. The van der Waals surface area contributed by atoms with Crippen LogP contribution in [0, 0.1) is 18.8 Å². The molecule has 0 aliphatic carbocycles. The summed E-state index contributed by atoms with van der Waals surface area (Å²) in [6.07, 6.45) is 0. The van der Waals surface area contributed by atoms with Gasteiger partial charge in [0.05, 0.1) is 5.52 Å². The SMILES string of the molecule is Cc1ccc2c3ccccc3n3c2c1C(C(C)C)(C(C)C)c1ccccc1C3. The summed E-state index contributed by atoms with van der Waals surface area (Å²) >= 11 is 0. The first-order chi connectivity index (χ1) is 13.5. The first-order valence-electron chi connectivity index (χ1n) is 10.6. The standard InChI is InChI=1S/C27H29N/c1-17(2)27(18(3)4)23-12-8-6-10-20(23)16-28-24-13-9-7-11-21(24)22-15-14-19(5)25(27)26(22)28/h6-15,17-18H,16H2,1-5H3. The molecule has 1 aromatic heterocycles. The predicted molar refractivity (Wildman–Crippen MR) is 120 cm³/mol. The number of nitrogens with zero attached hydrogens (tertiary/aromatic N) is 1. The molecule has 0 saturated carbocycles. The second-order valence-electron chi connectivity index (χ2n) is 9.09. The zero-order chi connectivity index (χ0) is 19.6. The van der Waals surface area contributed by atoms with Gasteiger partial charge in [-0.15, -0.1) is 0 Å². The van der Waals surface area contributed by atoms with Crippen LogP contribution in [-0.2, 0) is 12.0 Å². The molecule has 0 radical (unpaired) electrons. The third-order valence-electron chi connectivity index (χ3n) is 7.17. The topological polar surface area (TPSA) is 4.93 Å². The molecule has 0 unspecified atom stereocenters. The minimum Gasteiger partial charge on any atom is -0.336 e. The molecule has 1 nitrogen and oxygen atoms in total. The average molecular weight is 368 g/mol. The highest BCUT2D eigenvalue weighted by molar-refractivity contribution is 6.10. The minimum absolute atomic E-state index is 0.00279. The van der Waals surface area contributed by atoms with Crippen LogP contribution < -0.4 is 0 Å². The van der Waals surface area contributed by atoms with E-state index in [-0.39, 0.29) is 5.41 Å². The highest BCUT2D eigenvalue weighted by atomic mass is 15.0. The Morgan fingerprint density at radius 1 is 0.786 bits per heavy atom. The van der Waals surface area contributed by atoms with E-state index in [0.29, 0.717) is 11.8 Å². The van der Waals surface area contributed by atoms with Gasteiger partial charge in [-0.2, -0.15) is 0 Å². The van der Waals surface area contributed by atoms with Gasteiger partial charge < -0.3 is 4.57 Å². The lowest BCUT2D eigenvalue weighted by atomic mass is 9.59. The Bertz CT molecular complexity index is 1200. The van der Waals surface area contributed by atoms with Gasteiger partial charge in [0, 0.05) is 28.2 Å². The van der Waals surface area contributed by atoms with Crippen LogP contribution in [0.4, 0.5) is 0 Å². The minimum atomic E-state index is 0.00279. The van der Waals surface area contributed by atoms with Gasteiger partial charge in [-0.05, 0) is 47.1 Å². The smallest absolute Gasteiger partial charge is 0.0539 e. The largest absolute Gasteiger partial charge is 0.336 e. The van der Waals surface area contributed by atoms with Crippen molar-refractivity contribution in [2.75, 3.05) is 0 Å². The fourth-order valence-electron chi connectivity index (χ4n) is 6.17. The van der Waals surface area contributed by atoms with Gasteiger partial charge in [-0.25, -0.2) is 0 Å². The lowest BCUT2D eigenvalue weighted by molar-refractivity contribution is 0.273. The van der Waals surface area contributed by atoms with Crippen LogP contribution in [0.1, 0.15) is 49.9 Å². The highest BCUT2D eigenvalue weighted by Gasteiger charge is 2.45. The van der Waals surface area contributed by atoms with Crippen LogP contribution in [0.3, 0.4) is 0 Å². The van der Waals surface area contributed by atoms with Crippen molar-refractivity contribution in [2.24, 2.45) is 11.8 Å². The summed E-state index contributed by atoms with van der Waals surface area (Å²) in [6.45, 7) is 12.9. The Labute approximate surface area is 168 Å². The third kappa shape index (κ3) is 2.02. The van der Waals surface area contributed by atoms with Crippen LogP contribution in [0.15, 0.2) is 60.7 Å². The van der Waals surface area contributed by atoms with Gasteiger partial charge in [-0.1, -0.05) is 82.3 Å². The van der Waals surface area contributed by atoms with Crippen molar-refractivity contribution >= 4 is 21.8 Å². The number of benzene rings is 3. The maximum atomic E-state index is 2.58. The predicted octanol–water partition coefficient (Wildman–Crippen LogP) is 7.06. The van der Waals surface area contributed by atoms with E-state index in [2.05, 4.69) is 99.8 Å². The summed E-state index contributed by atoms with van der Waals surface area (Å²) in [4.78, 5) is 0. The summed E-state index contributed by atoms with van der Waals surface area (Å²) in [5.74, 6) is 1.00. The van der Waals surface area contributed by atoms with E-state index in [4.69, 9.17) is 0 Å². The Hall–Kier alpha value is -2.54. The lowest BCUT2D eigenvalue weighted by Gasteiger charge is -2.44. The summed E-state index contributed by atoms with van der Waals surface area (Å²) in [5, 5.41) is 2.77. The van der Waals surface area contributed by atoms with Crippen molar-refractivity contribution in [1.29, 1.82) is 0 Å². The maximum Gasteiger partial charge on any atom is 0.0539 e. The molecule has 28 heavy (non-hydrogen) atoms. The number of para-hydroxylation sites is 1. The Morgan fingerprint density at radius 3 is 2.21 bits per heavy atom. The molecule has 0 bridgehead atoms. The zero-order valence-electron chi connectivity index (χ0n) is 17.6. The van der Waals surface area contributed by atoms with Crippen molar-refractivity contribution in [1.82, 2.24) is 4.57 Å². The van der Waals surface area contributed by atoms with Crippen molar-refractivity contribution < 1.29 is 0 Å². The quantitative estimate of drug-likeness (QED) is 0.357. The van der Waals surface area contributed by atoms with E-state index >= 15 is 0 Å². The number of aromatic nitrogens is 1. The summed E-state index contributed by atoms with van der Waals surface area (Å²) in [7, 11) is 0. The summed E-state index contributed by atoms with van der Waals surface area (Å²) in [5.41, 5.74) is 8.73. The molecule has 0 atom stereocenters. The summed E-state index contributed by atoms with van der Waals surface area (Å²) in [6, 6.07) is 22.8. The zero-order valence-corrected chi connectivity index (χ0v) is 17.6. The molecule has 0 amide bonds. The average Bonchev–Trinajstić information content (AvgIpc) is 2.89.